The molecule has 2 rings (SSSR count). The van der Waals surface area contributed by atoms with Gasteiger partial charge in [-0.15, -0.1) is 0 Å². The highest BCUT2D eigenvalue weighted by atomic mass is 35.5. The maximum Gasteiger partial charge on any atom is 0.139 e. The van der Waals surface area contributed by atoms with Gasteiger partial charge in [-0.2, -0.15) is 0 Å². The van der Waals surface area contributed by atoms with Gasteiger partial charge in [-0.3, -0.25) is 0 Å². The van der Waals surface area contributed by atoms with Crippen LogP contribution in [0.1, 0.15) is 11.1 Å². The molecule has 5 heteroatoms. The largest absolute Gasteiger partial charge is 0.508 e. The van der Waals surface area contributed by atoms with Crippen LogP contribution < -0.4 is 5.73 Å². The standard InChI is InChI=1S/C14H13ClN2O2/c1-8-6-9(18)3-5-13(8)17-14(15)11-7-10(19)2-4-12(11)16/h2-7,18-19H,16H2,1H3. The van der Waals surface area contributed by atoms with Gasteiger partial charge in [0.25, 0.3) is 0 Å². The van der Waals surface area contributed by atoms with E-state index in [1.54, 1.807) is 18.2 Å². The number of phenolic OH excluding ortho intramolecular Hbond substituents is 2. The molecule has 0 aliphatic carbocycles. The van der Waals surface area contributed by atoms with Crippen molar-refractivity contribution in [2.24, 2.45) is 4.99 Å². The summed E-state index contributed by atoms with van der Waals surface area (Å²) in [5, 5.41) is 19.0. The van der Waals surface area contributed by atoms with Gasteiger partial charge < -0.3 is 15.9 Å². The first-order valence-electron chi connectivity index (χ1n) is 5.60. The fourth-order valence-corrected chi connectivity index (χ4v) is 1.91. The van der Waals surface area contributed by atoms with E-state index in [0.29, 0.717) is 16.9 Å². The second kappa shape index (κ2) is 5.20. The molecular formula is C14H13ClN2O2. The van der Waals surface area contributed by atoms with E-state index in [0.717, 1.165) is 5.56 Å². The van der Waals surface area contributed by atoms with Gasteiger partial charge in [-0.05, 0) is 48.9 Å². The number of hydrogen-bond acceptors (Lipinski definition) is 4. The molecule has 0 fully saturated rings. The van der Waals surface area contributed by atoms with E-state index in [2.05, 4.69) is 4.99 Å². The van der Waals surface area contributed by atoms with Gasteiger partial charge in [0.05, 0.1) is 5.69 Å². The van der Waals surface area contributed by atoms with Crippen LogP contribution in [0.4, 0.5) is 11.4 Å². The second-order valence-corrected chi connectivity index (χ2v) is 4.50. The number of nitrogen functional groups attached to an aromatic ring is 1. The summed E-state index contributed by atoms with van der Waals surface area (Å²) in [4.78, 5) is 4.25. The predicted octanol–water partition coefficient (Wildman–Crippen LogP) is 3.31. The normalized spacial score (nSPS) is 11.6. The van der Waals surface area contributed by atoms with Crippen molar-refractivity contribution in [3.8, 4) is 11.5 Å². The average molecular weight is 277 g/mol. The predicted molar refractivity (Wildman–Crippen MR) is 77.4 cm³/mol. The first-order chi connectivity index (χ1) is 8.97. The van der Waals surface area contributed by atoms with Crippen LogP contribution in [0.15, 0.2) is 41.4 Å². The van der Waals surface area contributed by atoms with Crippen molar-refractivity contribution in [3.05, 3.63) is 47.5 Å². The average Bonchev–Trinajstić information content (AvgIpc) is 2.35. The maximum atomic E-state index is 9.44. The van der Waals surface area contributed by atoms with E-state index in [1.807, 2.05) is 6.92 Å². The fraction of sp³-hybridized carbons (Fsp3) is 0.0714. The van der Waals surface area contributed by atoms with Crippen LogP contribution in [-0.4, -0.2) is 15.4 Å². The van der Waals surface area contributed by atoms with Crippen molar-refractivity contribution in [1.82, 2.24) is 0 Å². The number of hydrogen-bond donors (Lipinski definition) is 3. The highest BCUT2D eigenvalue weighted by molar-refractivity contribution is 6.70. The number of aryl methyl sites for hydroxylation is 1. The van der Waals surface area contributed by atoms with Crippen LogP contribution in [0.25, 0.3) is 0 Å². The Morgan fingerprint density at radius 3 is 2.42 bits per heavy atom. The van der Waals surface area contributed by atoms with Gasteiger partial charge in [-0.1, -0.05) is 11.6 Å². The molecule has 98 valence electrons. The summed E-state index contributed by atoms with van der Waals surface area (Å²) in [7, 11) is 0. The van der Waals surface area contributed by atoms with Crippen molar-refractivity contribution in [3.63, 3.8) is 0 Å². The molecule has 0 radical (unpaired) electrons. The molecule has 2 aromatic rings. The lowest BCUT2D eigenvalue weighted by atomic mass is 10.1. The van der Waals surface area contributed by atoms with Crippen molar-refractivity contribution in [2.45, 2.75) is 6.92 Å². The molecule has 4 N–H and O–H groups in total. The zero-order chi connectivity index (χ0) is 14.0. The minimum Gasteiger partial charge on any atom is -0.508 e. The SMILES string of the molecule is Cc1cc(O)ccc1N=C(Cl)c1cc(O)ccc1N. The maximum absolute atomic E-state index is 9.44. The third kappa shape index (κ3) is 2.98. The molecule has 0 saturated carbocycles. The zero-order valence-electron chi connectivity index (χ0n) is 10.3. The Hall–Kier alpha value is -2.20. The summed E-state index contributed by atoms with van der Waals surface area (Å²) in [6.07, 6.45) is 0. The Balaban J connectivity index is 2.45. The van der Waals surface area contributed by atoms with Gasteiger partial charge in [0, 0.05) is 11.3 Å². The first-order valence-corrected chi connectivity index (χ1v) is 5.98. The Morgan fingerprint density at radius 1 is 1.11 bits per heavy atom. The quantitative estimate of drug-likeness (QED) is 0.447. The molecule has 0 aliphatic heterocycles. The number of anilines is 1. The zero-order valence-corrected chi connectivity index (χ0v) is 11.0. The van der Waals surface area contributed by atoms with Gasteiger partial charge in [-0.25, -0.2) is 4.99 Å². The number of benzene rings is 2. The number of nitrogens with zero attached hydrogens (tertiary/aromatic N) is 1. The lowest BCUT2D eigenvalue weighted by molar-refractivity contribution is 0.474. The van der Waals surface area contributed by atoms with E-state index in [-0.39, 0.29) is 16.7 Å². The van der Waals surface area contributed by atoms with E-state index in [4.69, 9.17) is 17.3 Å². The van der Waals surface area contributed by atoms with Crippen molar-refractivity contribution >= 4 is 28.1 Å². The van der Waals surface area contributed by atoms with Crippen LogP contribution in [0, 0.1) is 6.92 Å². The van der Waals surface area contributed by atoms with Crippen LogP contribution in [0.3, 0.4) is 0 Å². The minimum atomic E-state index is 0.0694. The van der Waals surface area contributed by atoms with Crippen molar-refractivity contribution in [1.29, 1.82) is 0 Å². The Labute approximate surface area is 115 Å². The molecule has 19 heavy (non-hydrogen) atoms. The Morgan fingerprint density at radius 2 is 1.74 bits per heavy atom. The molecule has 0 saturated heterocycles. The van der Waals surface area contributed by atoms with Crippen molar-refractivity contribution in [2.75, 3.05) is 5.73 Å². The first kappa shape index (κ1) is 13.2. The molecule has 0 atom stereocenters. The number of aromatic hydroxyl groups is 2. The molecule has 0 aromatic heterocycles. The molecule has 0 bridgehead atoms. The van der Waals surface area contributed by atoms with Crippen LogP contribution in [0.5, 0.6) is 11.5 Å². The number of nitrogens with two attached hydrogens (primary N) is 1. The topological polar surface area (TPSA) is 78.8 Å². The van der Waals surface area contributed by atoms with Crippen molar-refractivity contribution < 1.29 is 10.2 Å². The van der Waals surface area contributed by atoms with E-state index < -0.39 is 0 Å². The van der Waals surface area contributed by atoms with Crippen LogP contribution in [0.2, 0.25) is 0 Å². The summed E-state index contributed by atoms with van der Waals surface area (Å²) in [6.45, 7) is 1.81. The third-order valence-corrected chi connectivity index (χ3v) is 2.95. The molecule has 0 heterocycles. The Bertz CT molecular complexity index is 654. The lowest BCUT2D eigenvalue weighted by Crippen LogP contribution is -1.98. The summed E-state index contributed by atoms with van der Waals surface area (Å²) in [5.74, 6) is 0.240. The van der Waals surface area contributed by atoms with Crippen LogP contribution >= 0.6 is 11.6 Å². The molecule has 2 aromatic carbocycles. The summed E-state index contributed by atoms with van der Waals surface area (Å²) >= 11 is 6.13. The van der Waals surface area contributed by atoms with Gasteiger partial charge in [0.1, 0.15) is 16.7 Å². The molecule has 0 unspecified atom stereocenters. The summed E-state index contributed by atoms with van der Waals surface area (Å²) in [6, 6.07) is 9.28. The summed E-state index contributed by atoms with van der Waals surface area (Å²) < 4.78 is 0. The van der Waals surface area contributed by atoms with E-state index in [1.165, 1.54) is 18.2 Å². The second-order valence-electron chi connectivity index (χ2n) is 4.14. The molecule has 0 amide bonds. The molecule has 0 spiro atoms. The fourth-order valence-electron chi connectivity index (χ4n) is 1.65. The van der Waals surface area contributed by atoms with Gasteiger partial charge in [0.2, 0.25) is 0 Å². The van der Waals surface area contributed by atoms with E-state index >= 15 is 0 Å². The van der Waals surface area contributed by atoms with Crippen LogP contribution in [-0.2, 0) is 0 Å². The van der Waals surface area contributed by atoms with Gasteiger partial charge in [0.15, 0.2) is 0 Å². The number of rotatable bonds is 2. The lowest BCUT2D eigenvalue weighted by Gasteiger charge is -2.06. The number of phenols is 2. The highest BCUT2D eigenvalue weighted by Gasteiger charge is 2.07. The number of aliphatic imine (C=N–C) groups is 1. The van der Waals surface area contributed by atoms with Gasteiger partial charge >= 0.3 is 0 Å². The molecular weight excluding hydrogens is 264 g/mol. The smallest absolute Gasteiger partial charge is 0.139 e. The minimum absolute atomic E-state index is 0.0694. The number of halogens is 1. The molecule has 4 nitrogen and oxygen atoms in total. The Kier molecular flexibility index (Phi) is 3.62. The third-order valence-electron chi connectivity index (χ3n) is 2.66. The van der Waals surface area contributed by atoms with E-state index in [9.17, 15) is 10.2 Å². The highest BCUT2D eigenvalue weighted by Crippen LogP contribution is 2.27. The monoisotopic (exact) mass is 276 g/mol. The molecule has 0 aliphatic rings. The summed E-state index contributed by atoms with van der Waals surface area (Å²) in [5.41, 5.74) is 8.11.